The van der Waals surface area contributed by atoms with Crippen molar-refractivity contribution >= 4 is 17.4 Å². The van der Waals surface area contributed by atoms with Crippen LogP contribution in [-0.4, -0.2) is 22.5 Å². The van der Waals surface area contributed by atoms with E-state index in [1.165, 1.54) is 24.3 Å². The number of hydrogen-bond acceptors (Lipinski definition) is 4. The Kier molecular flexibility index (Phi) is 6.38. The van der Waals surface area contributed by atoms with Crippen LogP contribution >= 0.6 is 11.3 Å². The van der Waals surface area contributed by atoms with E-state index in [4.69, 9.17) is 4.74 Å². The SMILES string of the molecule is CCN(Cc1cccs1)C(=O)NCc1ccc(Oc2ccc(F)cc2)nc1. The Hall–Kier alpha value is -2.93. The highest BCUT2D eigenvalue weighted by atomic mass is 32.1. The third-order valence-electron chi connectivity index (χ3n) is 3.87. The summed E-state index contributed by atoms with van der Waals surface area (Å²) >= 11 is 1.64. The van der Waals surface area contributed by atoms with Crippen LogP contribution in [0.2, 0.25) is 0 Å². The van der Waals surface area contributed by atoms with Gasteiger partial charge in [-0.2, -0.15) is 0 Å². The molecular weight excluding hydrogens is 365 g/mol. The van der Waals surface area contributed by atoms with Crippen molar-refractivity contribution in [2.24, 2.45) is 0 Å². The molecule has 0 aliphatic carbocycles. The van der Waals surface area contributed by atoms with Gasteiger partial charge in [-0.15, -0.1) is 11.3 Å². The molecule has 3 rings (SSSR count). The van der Waals surface area contributed by atoms with E-state index in [0.29, 0.717) is 31.3 Å². The molecule has 2 aromatic heterocycles. The molecule has 1 aromatic carbocycles. The Balaban J connectivity index is 1.51. The highest BCUT2D eigenvalue weighted by Crippen LogP contribution is 2.19. The van der Waals surface area contributed by atoms with Gasteiger partial charge < -0.3 is 15.0 Å². The number of rotatable bonds is 7. The van der Waals surface area contributed by atoms with Gasteiger partial charge >= 0.3 is 6.03 Å². The van der Waals surface area contributed by atoms with Crippen molar-refractivity contribution in [3.63, 3.8) is 0 Å². The topological polar surface area (TPSA) is 54.5 Å². The van der Waals surface area contributed by atoms with Crippen LogP contribution in [-0.2, 0) is 13.1 Å². The van der Waals surface area contributed by atoms with Crippen molar-refractivity contribution in [1.29, 1.82) is 0 Å². The number of aromatic nitrogens is 1. The van der Waals surface area contributed by atoms with Crippen molar-refractivity contribution in [2.45, 2.75) is 20.0 Å². The zero-order valence-electron chi connectivity index (χ0n) is 14.9. The van der Waals surface area contributed by atoms with Crippen molar-refractivity contribution in [3.8, 4) is 11.6 Å². The predicted octanol–water partition coefficient (Wildman–Crippen LogP) is 4.81. The number of pyridine rings is 1. The van der Waals surface area contributed by atoms with Gasteiger partial charge in [-0.3, -0.25) is 0 Å². The molecule has 0 radical (unpaired) electrons. The fraction of sp³-hybridized carbons (Fsp3) is 0.200. The van der Waals surface area contributed by atoms with Gasteiger partial charge in [-0.25, -0.2) is 14.2 Å². The first kappa shape index (κ1) is 18.8. The van der Waals surface area contributed by atoms with Crippen LogP contribution in [0.3, 0.4) is 0 Å². The van der Waals surface area contributed by atoms with E-state index in [-0.39, 0.29) is 11.8 Å². The van der Waals surface area contributed by atoms with E-state index >= 15 is 0 Å². The minimum Gasteiger partial charge on any atom is -0.439 e. The smallest absolute Gasteiger partial charge is 0.317 e. The molecule has 0 saturated heterocycles. The molecule has 0 spiro atoms. The van der Waals surface area contributed by atoms with E-state index < -0.39 is 0 Å². The summed E-state index contributed by atoms with van der Waals surface area (Å²) in [6.07, 6.45) is 1.65. The predicted molar refractivity (Wildman–Crippen MR) is 103 cm³/mol. The molecule has 0 saturated carbocycles. The average molecular weight is 385 g/mol. The standard InChI is InChI=1S/C20H20FN3O2S/c1-2-24(14-18-4-3-11-27-18)20(25)23-13-15-5-10-19(22-12-15)26-17-8-6-16(21)7-9-17/h3-12H,2,13-14H2,1H3,(H,23,25). The van der Waals surface area contributed by atoms with Crippen molar-refractivity contribution in [1.82, 2.24) is 15.2 Å². The van der Waals surface area contributed by atoms with Crippen molar-refractivity contribution in [2.75, 3.05) is 6.54 Å². The second-order valence-corrected chi connectivity index (χ2v) is 6.85. The second kappa shape index (κ2) is 9.14. The first-order valence-corrected chi connectivity index (χ1v) is 9.45. The zero-order chi connectivity index (χ0) is 19.1. The lowest BCUT2D eigenvalue weighted by molar-refractivity contribution is 0.198. The van der Waals surface area contributed by atoms with E-state index in [1.807, 2.05) is 30.5 Å². The number of halogens is 1. The number of hydrogen-bond donors (Lipinski definition) is 1. The molecule has 5 nitrogen and oxygen atoms in total. The fourth-order valence-electron chi connectivity index (χ4n) is 2.41. The molecule has 0 aliphatic rings. The molecule has 0 atom stereocenters. The maximum Gasteiger partial charge on any atom is 0.317 e. The summed E-state index contributed by atoms with van der Waals surface area (Å²) in [4.78, 5) is 19.5. The summed E-state index contributed by atoms with van der Waals surface area (Å²) < 4.78 is 18.5. The molecule has 0 unspecified atom stereocenters. The lowest BCUT2D eigenvalue weighted by Gasteiger charge is -2.20. The lowest BCUT2D eigenvalue weighted by Crippen LogP contribution is -2.38. The summed E-state index contributed by atoms with van der Waals surface area (Å²) in [5.74, 6) is 0.600. The number of urea groups is 1. The van der Waals surface area contributed by atoms with Gasteiger partial charge in [0.25, 0.3) is 0 Å². The van der Waals surface area contributed by atoms with Crippen LogP contribution in [0.15, 0.2) is 60.1 Å². The third-order valence-corrected chi connectivity index (χ3v) is 4.73. The number of carbonyl (C=O) groups is 1. The maximum absolute atomic E-state index is 12.9. The summed E-state index contributed by atoms with van der Waals surface area (Å²) in [7, 11) is 0. The Morgan fingerprint density at radius 3 is 2.67 bits per heavy atom. The highest BCUT2D eigenvalue weighted by Gasteiger charge is 2.12. The van der Waals surface area contributed by atoms with E-state index in [2.05, 4.69) is 10.3 Å². The Morgan fingerprint density at radius 2 is 2.04 bits per heavy atom. The highest BCUT2D eigenvalue weighted by molar-refractivity contribution is 7.09. The summed E-state index contributed by atoms with van der Waals surface area (Å²) in [6.45, 7) is 3.56. The largest absolute Gasteiger partial charge is 0.439 e. The Bertz CT molecular complexity index is 852. The van der Waals surface area contributed by atoms with Crippen LogP contribution in [0.5, 0.6) is 11.6 Å². The monoisotopic (exact) mass is 385 g/mol. The molecule has 3 aromatic rings. The quantitative estimate of drug-likeness (QED) is 0.635. The number of benzene rings is 1. The van der Waals surface area contributed by atoms with Gasteiger partial charge in [0.15, 0.2) is 0 Å². The third kappa shape index (κ3) is 5.52. The van der Waals surface area contributed by atoms with E-state index in [1.54, 1.807) is 28.5 Å². The molecule has 0 aliphatic heterocycles. The van der Waals surface area contributed by atoms with Gasteiger partial charge in [0, 0.05) is 30.2 Å². The lowest BCUT2D eigenvalue weighted by atomic mass is 10.3. The summed E-state index contributed by atoms with van der Waals surface area (Å²) in [5.41, 5.74) is 0.863. The number of amides is 2. The minimum absolute atomic E-state index is 0.113. The van der Waals surface area contributed by atoms with Crippen LogP contribution in [0.1, 0.15) is 17.4 Å². The van der Waals surface area contributed by atoms with Crippen LogP contribution in [0.25, 0.3) is 0 Å². The van der Waals surface area contributed by atoms with Crippen molar-refractivity contribution < 1.29 is 13.9 Å². The second-order valence-electron chi connectivity index (χ2n) is 5.81. The maximum atomic E-state index is 12.9. The molecule has 0 bridgehead atoms. The molecule has 2 amide bonds. The van der Waals surface area contributed by atoms with Gasteiger partial charge in [-0.1, -0.05) is 12.1 Å². The molecule has 140 valence electrons. The molecule has 1 N–H and O–H groups in total. The Morgan fingerprint density at radius 1 is 1.22 bits per heavy atom. The zero-order valence-corrected chi connectivity index (χ0v) is 15.7. The van der Waals surface area contributed by atoms with Crippen LogP contribution in [0.4, 0.5) is 9.18 Å². The molecule has 7 heteroatoms. The summed E-state index contributed by atoms with van der Waals surface area (Å²) in [5, 5.41) is 4.91. The molecular formula is C20H20FN3O2S. The molecule has 0 fully saturated rings. The minimum atomic E-state index is -0.318. The van der Waals surface area contributed by atoms with Gasteiger partial charge in [0.2, 0.25) is 5.88 Å². The number of thiophene rings is 1. The number of carbonyl (C=O) groups excluding carboxylic acids is 1. The van der Waals surface area contributed by atoms with Gasteiger partial charge in [0.1, 0.15) is 11.6 Å². The van der Waals surface area contributed by atoms with E-state index in [0.717, 1.165) is 10.4 Å². The first-order valence-electron chi connectivity index (χ1n) is 8.57. The van der Waals surface area contributed by atoms with Gasteiger partial charge in [0.05, 0.1) is 6.54 Å². The van der Waals surface area contributed by atoms with E-state index in [9.17, 15) is 9.18 Å². The summed E-state index contributed by atoms with van der Waals surface area (Å²) in [6, 6.07) is 13.2. The fourth-order valence-corrected chi connectivity index (χ4v) is 3.13. The normalized spacial score (nSPS) is 10.4. The van der Waals surface area contributed by atoms with Crippen LogP contribution < -0.4 is 10.1 Å². The molecule has 27 heavy (non-hydrogen) atoms. The Labute approximate surface area is 161 Å². The first-order chi connectivity index (χ1) is 13.1. The van der Waals surface area contributed by atoms with Crippen molar-refractivity contribution in [3.05, 3.63) is 76.4 Å². The average Bonchev–Trinajstić information content (AvgIpc) is 3.20. The molecule has 2 heterocycles. The number of nitrogens with one attached hydrogen (secondary N) is 1. The van der Waals surface area contributed by atoms with Crippen LogP contribution in [0, 0.1) is 5.82 Å². The number of nitrogens with zero attached hydrogens (tertiary/aromatic N) is 2. The number of ether oxygens (including phenoxy) is 1. The van der Waals surface area contributed by atoms with Gasteiger partial charge in [-0.05, 0) is 48.2 Å².